The van der Waals surface area contributed by atoms with Crippen molar-refractivity contribution in [1.29, 1.82) is 0 Å². The maximum absolute atomic E-state index is 13.8. The average molecular weight is 610 g/mol. The van der Waals surface area contributed by atoms with Crippen LogP contribution in [-0.4, -0.2) is 52.3 Å². The highest BCUT2D eigenvalue weighted by molar-refractivity contribution is 6.29. The van der Waals surface area contributed by atoms with Crippen molar-refractivity contribution in [3.8, 4) is 0 Å². The molecule has 3 amide bonds. The molecule has 0 fully saturated rings. The minimum atomic E-state index is -1.71. The van der Waals surface area contributed by atoms with E-state index in [4.69, 9.17) is 5.11 Å². The van der Waals surface area contributed by atoms with Gasteiger partial charge in [-0.1, -0.05) is 30.3 Å². The molecule has 0 aliphatic heterocycles. The van der Waals surface area contributed by atoms with Gasteiger partial charge in [-0.2, -0.15) is 0 Å². The van der Waals surface area contributed by atoms with Crippen LogP contribution in [0.5, 0.6) is 0 Å². The number of aliphatic hydroxyl groups is 1. The van der Waals surface area contributed by atoms with Crippen molar-refractivity contribution in [2.45, 2.75) is 52.2 Å². The van der Waals surface area contributed by atoms with E-state index in [9.17, 15) is 29.1 Å². The van der Waals surface area contributed by atoms with Crippen LogP contribution in [0.15, 0.2) is 72.8 Å². The van der Waals surface area contributed by atoms with E-state index in [1.807, 2.05) is 24.3 Å². The molecule has 0 aromatic heterocycles. The quantitative estimate of drug-likeness (QED) is 0.235. The topological polar surface area (TPSA) is 153 Å². The molecule has 0 heterocycles. The number of benzene rings is 3. The summed E-state index contributed by atoms with van der Waals surface area (Å²) in [4.78, 5) is 64.1. The largest absolute Gasteiger partial charge is 0.479 e. The van der Waals surface area contributed by atoms with Crippen molar-refractivity contribution in [3.05, 3.63) is 101 Å². The highest BCUT2D eigenvalue weighted by Crippen LogP contribution is 2.37. The SMILES string of the molecule is CC1(C)C(=O)c2ccc(NC(=O)N(Cc3ccc(C(=O)NC[C@@H](O)C(=O)O)cc3)c3ccc(C4=CCCCC4)cc3)cc2C1=O. The second-order valence-corrected chi connectivity index (χ2v) is 11.8. The number of nitrogens with zero attached hydrogens (tertiary/aromatic N) is 1. The predicted octanol–water partition coefficient (Wildman–Crippen LogP) is 5.46. The number of carbonyl (C=O) groups is 5. The minimum Gasteiger partial charge on any atom is -0.479 e. The van der Waals surface area contributed by atoms with Gasteiger partial charge in [-0.15, -0.1) is 0 Å². The van der Waals surface area contributed by atoms with Gasteiger partial charge in [0.25, 0.3) is 5.91 Å². The molecule has 0 spiro atoms. The lowest BCUT2D eigenvalue weighted by Gasteiger charge is -2.24. The number of aliphatic carboxylic acids is 1. The van der Waals surface area contributed by atoms with Gasteiger partial charge >= 0.3 is 12.0 Å². The van der Waals surface area contributed by atoms with Crippen LogP contribution < -0.4 is 15.5 Å². The Hall–Kier alpha value is -5.09. The second-order valence-electron chi connectivity index (χ2n) is 11.8. The molecule has 3 aromatic rings. The van der Waals surface area contributed by atoms with E-state index in [0.29, 0.717) is 22.5 Å². The molecule has 10 nitrogen and oxygen atoms in total. The molecule has 0 saturated heterocycles. The zero-order valence-electron chi connectivity index (χ0n) is 25.1. The summed E-state index contributed by atoms with van der Waals surface area (Å²) < 4.78 is 0. The maximum Gasteiger partial charge on any atom is 0.334 e. The highest BCUT2D eigenvalue weighted by Gasteiger charge is 2.45. The van der Waals surface area contributed by atoms with Crippen LogP contribution >= 0.6 is 0 Å². The number of amides is 3. The number of carbonyl (C=O) groups excluding carboxylic acids is 4. The first kappa shape index (κ1) is 31.3. The van der Waals surface area contributed by atoms with Crippen LogP contribution in [0.4, 0.5) is 16.2 Å². The van der Waals surface area contributed by atoms with Gasteiger partial charge < -0.3 is 20.8 Å². The Bertz CT molecular complexity index is 1690. The zero-order valence-corrected chi connectivity index (χ0v) is 25.1. The number of ketones is 2. The third kappa shape index (κ3) is 6.71. The average Bonchev–Trinajstić information content (AvgIpc) is 3.22. The van der Waals surface area contributed by atoms with Gasteiger partial charge in [-0.3, -0.25) is 19.3 Å². The maximum atomic E-state index is 13.8. The van der Waals surface area contributed by atoms with Crippen molar-refractivity contribution < 1.29 is 34.2 Å². The van der Waals surface area contributed by atoms with E-state index < -0.39 is 36.0 Å². The van der Waals surface area contributed by atoms with E-state index >= 15 is 0 Å². The molecule has 2 aliphatic rings. The summed E-state index contributed by atoms with van der Waals surface area (Å²) >= 11 is 0. The second kappa shape index (κ2) is 12.9. The number of carboxylic acid groups (broad SMARTS) is 1. The molecule has 4 N–H and O–H groups in total. The third-order valence-corrected chi connectivity index (χ3v) is 8.28. The molecule has 5 rings (SSSR count). The summed E-state index contributed by atoms with van der Waals surface area (Å²) in [6.45, 7) is 2.90. The third-order valence-electron chi connectivity index (χ3n) is 8.28. The normalized spacial score (nSPS) is 15.9. The molecule has 232 valence electrons. The summed E-state index contributed by atoms with van der Waals surface area (Å²) in [6, 6.07) is 18.5. The van der Waals surface area contributed by atoms with Crippen LogP contribution in [-0.2, 0) is 11.3 Å². The first-order valence-corrected chi connectivity index (χ1v) is 14.9. The number of allylic oxidation sites excluding steroid dienone is 2. The van der Waals surface area contributed by atoms with Gasteiger partial charge in [0.1, 0.15) is 0 Å². The van der Waals surface area contributed by atoms with Crippen molar-refractivity contribution >= 4 is 46.4 Å². The van der Waals surface area contributed by atoms with Crippen molar-refractivity contribution in [1.82, 2.24) is 5.32 Å². The molecule has 10 heteroatoms. The monoisotopic (exact) mass is 609 g/mol. The summed E-state index contributed by atoms with van der Waals surface area (Å²) in [7, 11) is 0. The number of aliphatic hydroxyl groups excluding tert-OH is 1. The molecule has 3 aromatic carbocycles. The van der Waals surface area contributed by atoms with Gasteiger partial charge in [0.05, 0.1) is 18.5 Å². The summed E-state index contributed by atoms with van der Waals surface area (Å²) in [5.74, 6) is -2.51. The Morgan fingerprint density at radius 1 is 0.911 bits per heavy atom. The molecule has 0 radical (unpaired) electrons. The standard InChI is InChI=1S/C35H35N3O7/c1-35(2)30(40)27-17-14-25(18-28(27)31(35)41)37-34(45)38(26-15-12-23(13-16-26)22-6-4-3-5-7-22)20-21-8-10-24(11-9-21)32(42)36-19-29(39)33(43)44/h6,8-18,29,39H,3-5,7,19-20H2,1-2H3,(H,36,42)(H,37,45)(H,43,44)/t29-/m1/s1. The number of Topliss-reactive ketones (excluding diaryl/α,β-unsaturated/α-hetero) is 2. The number of nitrogens with one attached hydrogen (secondary N) is 2. The number of urea groups is 1. The zero-order chi connectivity index (χ0) is 32.3. The van der Waals surface area contributed by atoms with E-state index in [2.05, 4.69) is 16.7 Å². The Morgan fingerprint density at radius 3 is 2.24 bits per heavy atom. The van der Waals surface area contributed by atoms with Gasteiger partial charge in [-0.25, -0.2) is 9.59 Å². The number of hydrogen-bond donors (Lipinski definition) is 4. The van der Waals surface area contributed by atoms with E-state index in [-0.39, 0.29) is 29.2 Å². The van der Waals surface area contributed by atoms with Crippen LogP contribution in [0.25, 0.3) is 5.57 Å². The van der Waals surface area contributed by atoms with E-state index in [0.717, 1.165) is 24.8 Å². The highest BCUT2D eigenvalue weighted by atomic mass is 16.4. The first-order chi connectivity index (χ1) is 21.5. The first-order valence-electron chi connectivity index (χ1n) is 14.9. The molecule has 1 atom stereocenters. The molecule has 2 aliphatic carbocycles. The van der Waals surface area contributed by atoms with Gasteiger partial charge in [0.2, 0.25) is 0 Å². The molecule has 0 saturated carbocycles. The number of carboxylic acids is 1. The number of rotatable bonds is 9. The van der Waals surface area contributed by atoms with Crippen molar-refractivity contribution in [3.63, 3.8) is 0 Å². The molecule has 0 bridgehead atoms. The number of hydrogen-bond acceptors (Lipinski definition) is 6. The van der Waals surface area contributed by atoms with Crippen LogP contribution in [0, 0.1) is 5.41 Å². The Morgan fingerprint density at radius 2 is 1.60 bits per heavy atom. The number of fused-ring (bicyclic) bond motifs is 1. The van der Waals surface area contributed by atoms with Crippen LogP contribution in [0.2, 0.25) is 0 Å². The fourth-order valence-electron chi connectivity index (χ4n) is 5.53. The van der Waals surface area contributed by atoms with Crippen molar-refractivity contribution in [2.75, 3.05) is 16.8 Å². The van der Waals surface area contributed by atoms with E-state index in [1.165, 1.54) is 18.1 Å². The van der Waals surface area contributed by atoms with E-state index in [1.54, 1.807) is 55.1 Å². The lowest BCUT2D eigenvalue weighted by molar-refractivity contribution is -0.146. The molecular formula is C35H35N3O7. The lowest BCUT2D eigenvalue weighted by Crippen LogP contribution is -2.36. The predicted molar refractivity (Wildman–Crippen MR) is 169 cm³/mol. The van der Waals surface area contributed by atoms with Gasteiger partial charge in [0.15, 0.2) is 17.7 Å². The van der Waals surface area contributed by atoms with Crippen molar-refractivity contribution in [2.24, 2.45) is 5.41 Å². The minimum absolute atomic E-state index is 0.142. The van der Waals surface area contributed by atoms with Crippen LogP contribution in [0.3, 0.4) is 0 Å². The molecule has 0 unspecified atom stereocenters. The number of anilines is 2. The molecule has 45 heavy (non-hydrogen) atoms. The summed E-state index contributed by atoms with van der Waals surface area (Å²) in [5.41, 5.74) is 3.85. The Kier molecular flexibility index (Phi) is 8.96. The summed E-state index contributed by atoms with van der Waals surface area (Å²) in [5, 5.41) is 23.5. The Balaban J connectivity index is 1.38. The van der Waals surface area contributed by atoms with Crippen LogP contribution in [0.1, 0.15) is 81.7 Å². The fraction of sp³-hybridized carbons (Fsp3) is 0.286. The van der Waals surface area contributed by atoms with Gasteiger partial charge in [0, 0.05) is 28.1 Å². The fourth-order valence-corrected chi connectivity index (χ4v) is 5.53. The summed E-state index contributed by atoms with van der Waals surface area (Å²) in [6.07, 6.45) is 4.92. The molecular weight excluding hydrogens is 574 g/mol. The smallest absolute Gasteiger partial charge is 0.334 e. The Labute approximate surface area is 260 Å². The lowest BCUT2D eigenvalue weighted by atomic mass is 9.88. The van der Waals surface area contributed by atoms with Gasteiger partial charge in [-0.05, 0) is 98.7 Å².